The molecule has 2 aromatic heterocycles. The fourth-order valence-corrected chi connectivity index (χ4v) is 3.69. The molecular formula is C16H21N5O2. The average molecular weight is 315 g/mol. The highest BCUT2D eigenvalue weighted by Gasteiger charge is 2.37. The number of nitrogens with zero attached hydrogens (tertiary/aromatic N) is 3. The molecule has 0 aliphatic heterocycles. The maximum absolute atomic E-state index is 12.7. The van der Waals surface area contributed by atoms with Crippen molar-refractivity contribution in [2.45, 2.75) is 44.2 Å². The topological polar surface area (TPSA) is 95.8 Å². The van der Waals surface area contributed by atoms with Gasteiger partial charge in [-0.2, -0.15) is 10.2 Å². The number of aliphatic hydroxyl groups is 1. The van der Waals surface area contributed by atoms with Crippen LogP contribution in [0.4, 0.5) is 0 Å². The number of amides is 1. The number of hydrogen-bond acceptors (Lipinski definition) is 4. The summed E-state index contributed by atoms with van der Waals surface area (Å²) in [7, 11) is 1.86. The van der Waals surface area contributed by atoms with E-state index in [1.807, 2.05) is 13.2 Å². The molecule has 0 saturated heterocycles. The number of aromatic nitrogens is 4. The summed E-state index contributed by atoms with van der Waals surface area (Å²) < 4.78 is 1.73. The Labute approximate surface area is 134 Å². The lowest BCUT2D eigenvalue weighted by molar-refractivity contribution is 0.0234. The van der Waals surface area contributed by atoms with E-state index in [4.69, 9.17) is 0 Å². The zero-order valence-corrected chi connectivity index (χ0v) is 13.1. The third kappa shape index (κ3) is 2.55. The van der Waals surface area contributed by atoms with E-state index in [1.165, 1.54) is 0 Å². The van der Waals surface area contributed by atoms with Gasteiger partial charge in [-0.25, -0.2) is 0 Å². The number of aliphatic hydroxyl groups excluding tert-OH is 1. The van der Waals surface area contributed by atoms with Crippen LogP contribution in [0, 0.1) is 5.92 Å². The molecule has 3 N–H and O–H groups in total. The minimum absolute atomic E-state index is 0.131. The molecule has 7 heteroatoms. The van der Waals surface area contributed by atoms with Crippen LogP contribution in [-0.4, -0.2) is 37.1 Å². The van der Waals surface area contributed by atoms with Crippen molar-refractivity contribution >= 4 is 5.91 Å². The number of hydrogen-bond donors (Lipinski definition) is 3. The zero-order valence-electron chi connectivity index (χ0n) is 13.1. The molecule has 1 atom stereocenters. The highest BCUT2D eigenvalue weighted by molar-refractivity contribution is 5.94. The zero-order chi connectivity index (χ0) is 16.0. The second kappa shape index (κ2) is 5.49. The molecule has 1 amide bonds. The minimum atomic E-state index is -0.259. The Balaban J connectivity index is 1.56. The van der Waals surface area contributed by atoms with Gasteiger partial charge in [0.15, 0.2) is 5.69 Å². The number of fused-ring (bicyclic) bond motifs is 1. The Bertz CT molecular complexity index is 729. The monoisotopic (exact) mass is 315 g/mol. The van der Waals surface area contributed by atoms with Crippen molar-refractivity contribution in [3.8, 4) is 0 Å². The fraction of sp³-hybridized carbons (Fsp3) is 0.562. The third-order valence-corrected chi connectivity index (χ3v) is 5.01. The van der Waals surface area contributed by atoms with Gasteiger partial charge >= 0.3 is 0 Å². The minimum Gasteiger partial charge on any atom is -0.393 e. The average Bonchev–Trinajstić information content (AvgIpc) is 3.17. The Morgan fingerprint density at radius 2 is 2.30 bits per heavy atom. The molecular weight excluding hydrogens is 294 g/mol. The summed E-state index contributed by atoms with van der Waals surface area (Å²) in [5.41, 5.74) is 3.64. The quantitative estimate of drug-likeness (QED) is 0.780. The van der Waals surface area contributed by atoms with Crippen LogP contribution in [0.3, 0.4) is 0 Å². The van der Waals surface area contributed by atoms with Crippen LogP contribution in [0.2, 0.25) is 0 Å². The summed E-state index contributed by atoms with van der Waals surface area (Å²) >= 11 is 0. The van der Waals surface area contributed by atoms with Gasteiger partial charge in [0.25, 0.3) is 5.91 Å². The number of rotatable bonds is 4. The predicted molar refractivity (Wildman–Crippen MR) is 82.8 cm³/mol. The summed E-state index contributed by atoms with van der Waals surface area (Å²) in [6.07, 6.45) is 7.81. The molecule has 1 unspecified atom stereocenters. The lowest BCUT2D eigenvalue weighted by atomic mass is 9.75. The van der Waals surface area contributed by atoms with Gasteiger partial charge in [-0.1, -0.05) is 0 Å². The van der Waals surface area contributed by atoms with Gasteiger partial charge in [-0.05, 0) is 38.0 Å². The van der Waals surface area contributed by atoms with Crippen LogP contribution in [0.1, 0.15) is 52.6 Å². The lowest BCUT2D eigenvalue weighted by Gasteiger charge is -2.37. The fourth-order valence-electron chi connectivity index (χ4n) is 3.69. The number of H-pyrrole nitrogens is 1. The summed E-state index contributed by atoms with van der Waals surface area (Å²) in [5, 5.41) is 24.1. The van der Waals surface area contributed by atoms with Gasteiger partial charge in [0.05, 0.1) is 18.3 Å². The first kappa shape index (κ1) is 14.4. The van der Waals surface area contributed by atoms with E-state index in [0.717, 1.165) is 36.1 Å². The summed E-state index contributed by atoms with van der Waals surface area (Å²) in [6.45, 7) is 0. The maximum Gasteiger partial charge on any atom is 0.272 e. The Hall–Kier alpha value is -2.15. The number of aryl methyl sites for hydroxylation is 2. The van der Waals surface area contributed by atoms with Gasteiger partial charge < -0.3 is 10.4 Å². The third-order valence-electron chi connectivity index (χ3n) is 5.01. The molecule has 0 spiro atoms. The molecule has 0 aromatic carbocycles. The molecule has 4 rings (SSSR count). The molecule has 122 valence electrons. The first-order valence-electron chi connectivity index (χ1n) is 8.15. The van der Waals surface area contributed by atoms with Crippen LogP contribution >= 0.6 is 0 Å². The van der Waals surface area contributed by atoms with Crippen molar-refractivity contribution in [2.75, 3.05) is 0 Å². The van der Waals surface area contributed by atoms with Crippen LogP contribution in [0.5, 0.6) is 0 Å². The van der Waals surface area contributed by atoms with Crippen molar-refractivity contribution in [2.24, 2.45) is 13.0 Å². The van der Waals surface area contributed by atoms with Gasteiger partial charge in [0.2, 0.25) is 0 Å². The molecule has 2 aromatic rings. The Morgan fingerprint density at radius 3 is 3.00 bits per heavy atom. The highest BCUT2D eigenvalue weighted by Crippen LogP contribution is 2.38. The first-order chi connectivity index (χ1) is 11.1. The SMILES string of the molecule is Cn1cc(C(NC(=O)c2n[nH]c3c2CCC3)C2CC(O)C2)cn1. The van der Waals surface area contributed by atoms with Crippen molar-refractivity contribution in [1.29, 1.82) is 0 Å². The normalized spacial score (nSPS) is 24.1. The van der Waals surface area contributed by atoms with Crippen molar-refractivity contribution in [1.82, 2.24) is 25.3 Å². The number of nitrogens with one attached hydrogen (secondary N) is 2. The smallest absolute Gasteiger partial charge is 0.272 e. The van der Waals surface area contributed by atoms with Crippen LogP contribution in [0.25, 0.3) is 0 Å². The standard InChI is InChI=1S/C16H21N5O2/c1-21-8-10(7-17-21)14(9-5-11(22)6-9)18-16(23)15-12-3-2-4-13(12)19-20-15/h7-9,11,14,22H,2-6H2,1H3,(H,18,23)(H,19,20). The largest absolute Gasteiger partial charge is 0.393 e. The van der Waals surface area contributed by atoms with Crippen LogP contribution in [-0.2, 0) is 19.9 Å². The number of carbonyl (C=O) groups is 1. The van der Waals surface area contributed by atoms with E-state index in [9.17, 15) is 9.90 Å². The highest BCUT2D eigenvalue weighted by atomic mass is 16.3. The van der Waals surface area contributed by atoms with Gasteiger partial charge in [-0.15, -0.1) is 0 Å². The second-order valence-electron chi connectivity index (χ2n) is 6.67. The molecule has 2 aliphatic rings. The lowest BCUT2D eigenvalue weighted by Crippen LogP contribution is -2.41. The number of aromatic amines is 1. The van der Waals surface area contributed by atoms with Crippen LogP contribution in [0.15, 0.2) is 12.4 Å². The summed E-state index contributed by atoms with van der Waals surface area (Å²) in [5.74, 6) is 0.102. The van der Waals surface area contributed by atoms with E-state index in [2.05, 4.69) is 20.6 Å². The maximum atomic E-state index is 12.7. The van der Waals surface area contributed by atoms with Gasteiger partial charge in [0.1, 0.15) is 0 Å². The van der Waals surface area contributed by atoms with Gasteiger partial charge in [0, 0.05) is 30.1 Å². The predicted octanol–water partition coefficient (Wildman–Crippen LogP) is 0.874. The number of carbonyl (C=O) groups excluding carboxylic acids is 1. The van der Waals surface area contributed by atoms with E-state index < -0.39 is 0 Å². The van der Waals surface area contributed by atoms with Crippen molar-refractivity contribution in [3.63, 3.8) is 0 Å². The molecule has 1 saturated carbocycles. The van der Waals surface area contributed by atoms with E-state index in [1.54, 1.807) is 10.9 Å². The molecule has 2 aliphatic carbocycles. The van der Waals surface area contributed by atoms with Gasteiger partial charge in [-0.3, -0.25) is 14.6 Å². The molecule has 1 fully saturated rings. The summed E-state index contributed by atoms with van der Waals surface area (Å²) in [6, 6.07) is -0.131. The molecule has 0 bridgehead atoms. The summed E-state index contributed by atoms with van der Waals surface area (Å²) in [4.78, 5) is 12.7. The molecule has 23 heavy (non-hydrogen) atoms. The Kier molecular flexibility index (Phi) is 3.45. The van der Waals surface area contributed by atoms with Crippen molar-refractivity contribution in [3.05, 3.63) is 34.9 Å². The molecule has 0 radical (unpaired) electrons. The van der Waals surface area contributed by atoms with E-state index in [0.29, 0.717) is 18.5 Å². The van der Waals surface area contributed by atoms with Crippen molar-refractivity contribution < 1.29 is 9.90 Å². The molecule has 2 heterocycles. The van der Waals surface area contributed by atoms with E-state index >= 15 is 0 Å². The second-order valence-corrected chi connectivity index (χ2v) is 6.67. The van der Waals surface area contributed by atoms with Crippen LogP contribution < -0.4 is 5.32 Å². The van der Waals surface area contributed by atoms with E-state index in [-0.39, 0.29) is 24.0 Å². The molecule has 7 nitrogen and oxygen atoms in total. The Morgan fingerprint density at radius 1 is 1.48 bits per heavy atom. The first-order valence-corrected chi connectivity index (χ1v) is 8.15.